The summed E-state index contributed by atoms with van der Waals surface area (Å²) in [5.41, 5.74) is 2.82. The van der Waals surface area contributed by atoms with Gasteiger partial charge in [-0.1, -0.05) is 13.8 Å². The Morgan fingerprint density at radius 1 is 1.43 bits per heavy atom. The molecule has 3 nitrogen and oxygen atoms in total. The van der Waals surface area contributed by atoms with Crippen molar-refractivity contribution in [2.75, 3.05) is 0 Å². The van der Waals surface area contributed by atoms with Crippen LogP contribution < -0.4 is 0 Å². The topological polar surface area (TPSA) is 50.2 Å². The summed E-state index contributed by atoms with van der Waals surface area (Å²) in [6.45, 7) is 5.73. The van der Waals surface area contributed by atoms with E-state index in [-0.39, 0.29) is 0 Å². The maximum Gasteiger partial charge on any atom is 0.337 e. The number of hydrogen-bond acceptors (Lipinski definition) is 2. The van der Waals surface area contributed by atoms with E-state index in [9.17, 15) is 4.79 Å². The number of rotatable bonds is 3. The second-order valence-electron chi connectivity index (χ2n) is 3.25. The third-order valence-electron chi connectivity index (χ3n) is 2.29. The Morgan fingerprint density at radius 3 is 2.50 bits per heavy atom. The van der Waals surface area contributed by atoms with E-state index in [0.717, 1.165) is 24.1 Å². The van der Waals surface area contributed by atoms with Gasteiger partial charge in [-0.25, -0.2) is 4.79 Å². The van der Waals surface area contributed by atoms with Crippen molar-refractivity contribution in [1.82, 2.24) is 4.98 Å². The first-order valence-electron chi connectivity index (χ1n) is 4.82. The molecular weight excluding hydrogens is 178 g/mol. The molecule has 1 rings (SSSR count). The predicted molar refractivity (Wildman–Crippen MR) is 54.7 cm³/mol. The van der Waals surface area contributed by atoms with Crippen molar-refractivity contribution >= 4 is 5.97 Å². The van der Waals surface area contributed by atoms with E-state index in [4.69, 9.17) is 5.11 Å². The van der Waals surface area contributed by atoms with Crippen molar-refractivity contribution in [2.24, 2.45) is 0 Å². The lowest BCUT2D eigenvalue weighted by Gasteiger charge is -2.08. The Hall–Kier alpha value is -1.38. The van der Waals surface area contributed by atoms with E-state index in [2.05, 4.69) is 4.98 Å². The Bertz CT molecular complexity index is 359. The minimum absolute atomic E-state index is 0.365. The van der Waals surface area contributed by atoms with E-state index in [1.807, 2.05) is 19.9 Å². The van der Waals surface area contributed by atoms with Crippen LogP contribution in [0.15, 0.2) is 6.07 Å². The van der Waals surface area contributed by atoms with Gasteiger partial charge in [-0.05, 0) is 31.4 Å². The van der Waals surface area contributed by atoms with E-state index in [1.165, 1.54) is 0 Å². The average Bonchev–Trinajstić information content (AvgIpc) is 2.15. The van der Waals surface area contributed by atoms with Crippen LogP contribution in [0.2, 0.25) is 0 Å². The van der Waals surface area contributed by atoms with Crippen molar-refractivity contribution in [3.63, 3.8) is 0 Å². The lowest BCUT2D eigenvalue weighted by atomic mass is 10.0. The molecular formula is C11H15NO2. The van der Waals surface area contributed by atoms with Crippen LogP contribution >= 0.6 is 0 Å². The van der Waals surface area contributed by atoms with Crippen LogP contribution in [0.5, 0.6) is 0 Å². The molecule has 0 spiro atoms. The number of pyridine rings is 1. The molecule has 0 bridgehead atoms. The molecule has 0 aliphatic rings. The van der Waals surface area contributed by atoms with Crippen molar-refractivity contribution in [3.05, 3.63) is 28.6 Å². The number of aromatic carboxylic acids is 1. The van der Waals surface area contributed by atoms with Gasteiger partial charge in [0, 0.05) is 5.69 Å². The number of carbonyl (C=O) groups is 1. The zero-order valence-electron chi connectivity index (χ0n) is 8.79. The molecule has 0 aromatic carbocycles. The second kappa shape index (κ2) is 4.22. The number of carboxylic acid groups (broad SMARTS) is 1. The first kappa shape index (κ1) is 10.7. The summed E-state index contributed by atoms with van der Waals surface area (Å²) in [4.78, 5) is 15.2. The summed E-state index contributed by atoms with van der Waals surface area (Å²) in [5.74, 6) is -0.880. The molecule has 3 heteroatoms. The van der Waals surface area contributed by atoms with Crippen LogP contribution in [0.4, 0.5) is 0 Å². The summed E-state index contributed by atoms with van der Waals surface area (Å²) in [5, 5.41) is 9.00. The van der Waals surface area contributed by atoms with Crippen LogP contribution in [0, 0.1) is 6.92 Å². The van der Waals surface area contributed by atoms with Gasteiger partial charge in [0.15, 0.2) is 0 Å². The van der Waals surface area contributed by atoms with Gasteiger partial charge >= 0.3 is 5.97 Å². The molecule has 0 fully saturated rings. The van der Waals surface area contributed by atoms with Crippen LogP contribution in [0.1, 0.15) is 41.2 Å². The van der Waals surface area contributed by atoms with Crippen LogP contribution in [-0.4, -0.2) is 16.1 Å². The maximum atomic E-state index is 11.0. The highest BCUT2D eigenvalue weighted by Crippen LogP contribution is 2.15. The molecule has 0 saturated carbocycles. The Labute approximate surface area is 83.8 Å². The standard InChI is InChI=1S/C11H15NO2/c1-4-8-6-9(5-2)12-7(3)10(8)11(13)14/h6H,4-5H2,1-3H3,(H,13,14). The zero-order valence-corrected chi connectivity index (χ0v) is 8.79. The van der Waals surface area contributed by atoms with Crippen molar-refractivity contribution < 1.29 is 9.90 Å². The lowest BCUT2D eigenvalue weighted by Crippen LogP contribution is -2.08. The van der Waals surface area contributed by atoms with Crippen molar-refractivity contribution in [1.29, 1.82) is 0 Å². The maximum absolute atomic E-state index is 11.0. The van der Waals surface area contributed by atoms with Gasteiger partial charge in [0.25, 0.3) is 0 Å². The van der Waals surface area contributed by atoms with E-state index in [1.54, 1.807) is 6.92 Å². The average molecular weight is 193 g/mol. The first-order valence-corrected chi connectivity index (χ1v) is 4.82. The molecule has 0 unspecified atom stereocenters. The summed E-state index contributed by atoms with van der Waals surface area (Å²) < 4.78 is 0. The van der Waals surface area contributed by atoms with Gasteiger partial charge in [0.05, 0.1) is 11.3 Å². The fourth-order valence-corrected chi connectivity index (χ4v) is 1.56. The molecule has 0 saturated heterocycles. The quantitative estimate of drug-likeness (QED) is 0.800. The SMILES string of the molecule is CCc1cc(CC)c(C(=O)O)c(C)n1. The number of aromatic nitrogens is 1. The molecule has 0 aliphatic heterocycles. The minimum Gasteiger partial charge on any atom is -0.478 e. The van der Waals surface area contributed by atoms with Gasteiger partial charge in [-0.2, -0.15) is 0 Å². The van der Waals surface area contributed by atoms with Crippen molar-refractivity contribution in [3.8, 4) is 0 Å². The summed E-state index contributed by atoms with van der Waals surface area (Å²) in [7, 11) is 0. The Morgan fingerprint density at radius 2 is 2.07 bits per heavy atom. The summed E-state index contributed by atoms with van der Waals surface area (Å²) in [6.07, 6.45) is 1.58. The van der Waals surface area contributed by atoms with Crippen LogP contribution in [0.25, 0.3) is 0 Å². The van der Waals surface area contributed by atoms with E-state index in [0.29, 0.717) is 11.3 Å². The fraction of sp³-hybridized carbons (Fsp3) is 0.455. The summed E-state index contributed by atoms with van der Waals surface area (Å²) >= 11 is 0. The minimum atomic E-state index is -0.880. The van der Waals surface area contributed by atoms with Gasteiger partial charge in [-0.3, -0.25) is 4.98 Å². The molecule has 0 aliphatic carbocycles. The zero-order chi connectivity index (χ0) is 10.7. The Kier molecular flexibility index (Phi) is 3.23. The second-order valence-corrected chi connectivity index (χ2v) is 3.25. The van der Waals surface area contributed by atoms with Crippen molar-refractivity contribution in [2.45, 2.75) is 33.6 Å². The largest absolute Gasteiger partial charge is 0.478 e. The highest BCUT2D eigenvalue weighted by Gasteiger charge is 2.14. The Balaban J connectivity index is 3.34. The van der Waals surface area contributed by atoms with Gasteiger partial charge in [0.2, 0.25) is 0 Å². The van der Waals surface area contributed by atoms with Gasteiger partial charge < -0.3 is 5.11 Å². The molecule has 76 valence electrons. The highest BCUT2D eigenvalue weighted by atomic mass is 16.4. The van der Waals surface area contributed by atoms with E-state index < -0.39 is 5.97 Å². The molecule has 0 radical (unpaired) electrons. The first-order chi connectivity index (χ1) is 6.60. The highest BCUT2D eigenvalue weighted by molar-refractivity contribution is 5.90. The van der Waals surface area contributed by atoms with E-state index >= 15 is 0 Å². The number of aryl methyl sites for hydroxylation is 3. The summed E-state index contributed by atoms with van der Waals surface area (Å²) in [6, 6.07) is 1.89. The molecule has 14 heavy (non-hydrogen) atoms. The molecule has 1 N–H and O–H groups in total. The van der Waals surface area contributed by atoms with Gasteiger partial charge in [0.1, 0.15) is 0 Å². The molecule has 0 atom stereocenters. The molecule has 1 heterocycles. The number of hydrogen-bond donors (Lipinski definition) is 1. The number of nitrogens with zero attached hydrogens (tertiary/aromatic N) is 1. The fourth-order valence-electron chi connectivity index (χ4n) is 1.56. The van der Waals surface area contributed by atoms with Crippen LogP contribution in [-0.2, 0) is 12.8 Å². The third kappa shape index (κ3) is 1.92. The van der Waals surface area contributed by atoms with Gasteiger partial charge in [-0.15, -0.1) is 0 Å². The lowest BCUT2D eigenvalue weighted by molar-refractivity contribution is 0.0694. The molecule has 0 amide bonds. The normalized spacial score (nSPS) is 10.2. The van der Waals surface area contributed by atoms with Crippen LogP contribution in [0.3, 0.4) is 0 Å². The molecule has 1 aromatic rings. The predicted octanol–water partition coefficient (Wildman–Crippen LogP) is 2.21. The molecule has 1 aromatic heterocycles. The number of carboxylic acids is 1. The monoisotopic (exact) mass is 193 g/mol. The smallest absolute Gasteiger partial charge is 0.337 e. The third-order valence-corrected chi connectivity index (χ3v) is 2.29.